The minimum absolute atomic E-state index is 0.00325. The van der Waals surface area contributed by atoms with Gasteiger partial charge >= 0.3 is 0 Å². The van der Waals surface area contributed by atoms with Gasteiger partial charge in [-0.1, -0.05) is 0 Å². The van der Waals surface area contributed by atoms with E-state index in [9.17, 15) is 9.18 Å². The van der Waals surface area contributed by atoms with Crippen molar-refractivity contribution in [2.45, 2.75) is 0 Å². The van der Waals surface area contributed by atoms with E-state index < -0.39 is 5.82 Å². The van der Waals surface area contributed by atoms with E-state index in [1.807, 2.05) is 0 Å². The van der Waals surface area contributed by atoms with Gasteiger partial charge in [-0.2, -0.15) is 0 Å². The van der Waals surface area contributed by atoms with Gasteiger partial charge in [-0.3, -0.25) is 4.79 Å². The molecule has 0 unspecified atom stereocenters. The average Bonchev–Trinajstić information content (AvgIpc) is 2.28. The number of ketones is 1. The van der Waals surface area contributed by atoms with Gasteiger partial charge in [0.05, 0.1) is 20.8 Å². The number of ether oxygens (including phenoxy) is 2. The first-order valence-electron chi connectivity index (χ1n) is 4.73. The Morgan fingerprint density at radius 3 is 2.56 bits per heavy atom. The third-order valence-electron chi connectivity index (χ3n) is 2.09. The molecule has 5 heteroatoms. The summed E-state index contributed by atoms with van der Waals surface area (Å²) in [7, 11) is 4.38. The number of methoxy groups -OCH3 is 2. The Morgan fingerprint density at radius 1 is 1.38 bits per heavy atom. The van der Waals surface area contributed by atoms with Crippen molar-refractivity contribution >= 4 is 5.78 Å². The second-order valence-corrected chi connectivity index (χ2v) is 3.15. The number of rotatable bonds is 5. The van der Waals surface area contributed by atoms with Gasteiger partial charge in [-0.25, -0.2) is 4.39 Å². The number of hydrogen-bond acceptors (Lipinski definition) is 4. The first-order chi connectivity index (χ1) is 7.63. The largest absolute Gasteiger partial charge is 0.493 e. The van der Waals surface area contributed by atoms with Crippen LogP contribution < -0.4 is 14.8 Å². The van der Waals surface area contributed by atoms with Crippen molar-refractivity contribution in [2.24, 2.45) is 0 Å². The van der Waals surface area contributed by atoms with Crippen molar-refractivity contribution in [2.75, 3.05) is 27.8 Å². The van der Waals surface area contributed by atoms with E-state index in [-0.39, 0.29) is 29.4 Å². The van der Waals surface area contributed by atoms with Gasteiger partial charge in [0.1, 0.15) is 0 Å². The molecule has 0 spiro atoms. The number of carbonyl (C=O) groups is 1. The SMILES string of the molecule is CNCC(=O)c1cc(F)c(OC)c(OC)c1. The van der Waals surface area contributed by atoms with Gasteiger partial charge in [-0.05, 0) is 19.2 Å². The van der Waals surface area contributed by atoms with Gasteiger partial charge < -0.3 is 14.8 Å². The molecule has 0 heterocycles. The third-order valence-corrected chi connectivity index (χ3v) is 2.09. The summed E-state index contributed by atoms with van der Waals surface area (Å²) in [5, 5.41) is 2.71. The van der Waals surface area contributed by atoms with Crippen LogP contribution in [0.3, 0.4) is 0 Å². The van der Waals surface area contributed by atoms with Gasteiger partial charge in [0, 0.05) is 5.56 Å². The van der Waals surface area contributed by atoms with Crippen molar-refractivity contribution in [3.05, 3.63) is 23.5 Å². The second-order valence-electron chi connectivity index (χ2n) is 3.15. The molecule has 88 valence electrons. The molecule has 0 fully saturated rings. The minimum atomic E-state index is -0.610. The maximum absolute atomic E-state index is 13.5. The van der Waals surface area contributed by atoms with Gasteiger partial charge in [0.25, 0.3) is 0 Å². The van der Waals surface area contributed by atoms with Crippen LogP contribution in [0.4, 0.5) is 4.39 Å². The summed E-state index contributed by atoms with van der Waals surface area (Å²) < 4.78 is 23.3. The normalized spacial score (nSPS) is 10.0. The van der Waals surface area contributed by atoms with Gasteiger partial charge in [0.15, 0.2) is 23.1 Å². The van der Waals surface area contributed by atoms with E-state index in [1.54, 1.807) is 7.05 Å². The van der Waals surface area contributed by atoms with E-state index in [0.29, 0.717) is 0 Å². The lowest BCUT2D eigenvalue weighted by Crippen LogP contribution is -2.18. The highest BCUT2D eigenvalue weighted by atomic mass is 19.1. The monoisotopic (exact) mass is 227 g/mol. The van der Waals surface area contributed by atoms with Crippen molar-refractivity contribution in [1.29, 1.82) is 0 Å². The highest BCUT2D eigenvalue weighted by Gasteiger charge is 2.15. The van der Waals surface area contributed by atoms with E-state index >= 15 is 0 Å². The molecule has 0 aliphatic heterocycles. The number of nitrogens with one attached hydrogen (secondary N) is 1. The zero-order valence-corrected chi connectivity index (χ0v) is 9.46. The summed E-state index contributed by atoms with van der Waals surface area (Å²) in [5.41, 5.74) is 0.254. The van der Waals surface area contributed by atoms with Crippen LogP contribution in [0, 0.1) is 5.82 Å². The molecule has 0 radical (unpaired) electrons. The Kier molecular flexibility index (Phi) is 4.25. The van der Waals surface area contributed by atoms with Crippen molar-refractivity contribution < 1.29 is 18.7 Å². The lowest BCUT2D eigenvalue weighted by Gasteiger charge is -2.10. The number of benzene rings is 1. The molecule has 0 aliphatic carbocycles. The summed E-state index contributed by atoms with van der Waals surface area (Å²) in [5.74, 6) is -0.603. The van der Waals surface area contributed by atoms with Crippen molar-refractivity contribution in [3.8, 4) is 11.5 Å². The summed E-state index contributed by atoms with van der Waals surface area (Å²) >= 11 is 0. The number of hydrogen-bond donors (Lipinski definition) is 1. The fraction of sp³-hybridized carbons (Fsp3) is 0.364. The van der Waals surface area contributed by atoms with E-state index in [2.05, 4.69) is 5.32 Å². The Labute approximate surface area is 93.4 Å². The molecular formula is C11H14FNO3. The van der Waals surface area contributed by atoms with Crippen LogP contribution in [0.5, 0.6) is 11.5 Å². The number of Topliss-reactive ketones (excluding diaryl/α,β-unsaturated/α-hetero) is 1. The predicted molar refractivity (Wildman–Crippen MR) is 57.8 cm³/mol. The van der Waals surface area contributed by atoms with Crippen LogP contribution in [0.15, 0.2) is 12.1 Å². The topological polar surface area (TPSA) is 47.6 Å². The summed E-state index contributed by atoms with van der Waals surface area (Å²) in [6.07, 6.45) is 0. The molecule has 0 saturated heterocycles. The smallest absolute Gasteiger partial charge is 0.196 e. The molecule has 0 amide bonds. The molecule has 0 atom stereocenters. The summed E-state index contributed by atoms with van der Waals surface area (Å²) in [6, 6.07) is 2.60. The molecule has 1 aromatic rings. The molecule has 1 rings (SSSR count). The molecule has 0 aliphatic rings. The maximum atomic E-state index is 13.5. The highest BCUT2D eigenvalue weighted by molar-refractivity contribution is 5.98. The van der Waals surface area contributed by atoms with Crippen LogP contribution in [-0.2, 0) is 0 Å². The molecule has 16 heavy (non-hydrogen) atoms. The van der Waals surface area contributed by atoms with Crippen LogP contribution in [0.25, 0.3) is 0 Å². The zero-order valence-electron chi connectivity index (χ0n) is 9.46. The quantitative estimate of drug-likeness (QED) is 0.769. The third kappa shape index (κ3) is 2.49. The molecule has 0 bridgehead atoms. The first kappa shape index (κ1) is 12.4. The number of carbonyl (C=O) groups excluding carboxylic acids is 1. The first-order valence-corrected chi connectivity index (χ1v) is 4.73. The lowest BCUT2D eigenvalue weighted by atomic mass is 10.1. The van der Waals surface area contributed by atoms with Crippen LogP contribution >= 0.6 is 0 Å². The van der Waals surface area contributed by atoms with Gasteiger partial charge in [-0.15, -0.1) is 0 Å². The molecule has 1 N–H and O–H groups in total. The molecule has 1 aromatic carbocycles. The standard InChI is InChI=1S/C11H14FNO3/c1-13-6-9(14)7-4-8(12)11(16-3)10(5-7)15-2/h4-5,13H,6H2,1-3H3. The fourth-order valence-electron chi connectivity index (χ4n) is 1.34. The Morgan fingerprint density at radius 2 is 2.06 bits per heavy atom. The van der Waals surface area contributed by atoms with Crippen LogP contribution in [-0.4, -0.2) is 33.6 Å². The van der Waals surface area contributed by atoms with Crippen molar-refractivity contribution in [3.63, 3.8) is 0 Å². The number of halogens is 1. The average molecular weight is 227 g/mol. The molecule has 4 nitrogen and oxygen atoms in total. The van der Waals surface area contributed by atoms with Gasteiger partial charge in [0.2, 0.25) is 0 Å². The Balaban J connectivity index is 3.15. The zero-order chi connectivity index (χ0) is 12.1. The second kappa shape index (κ2) is 5.46. The molecule has 0 aromatic heterocycles. The lowest BCUT2D eigenvalue weighted by molar-refractivity contribution is 0.0992. The van der Waals surface area contributed by atoms with Crippen LogP contribution in [0.1, 0.15) is 10.4 Å². The summed E-state index contributed by atoms with van der Waals surface area (Å²) in [6.45, 7) is 0.148. The molecular weight excluding hydrogens is 213 g/mol. The van der Waals surface area contributed by atoms with Crippen LogP contribution in [0.2, 0.25) is 0 Å². The fourth-order valence-corrected chi connectivity index (χ4v) is 1.34. The van der Waals surface area contributed by atoms with E-state index in [4.69, 9.17) is 9.47 Å². The van der Waals surface area contributed by atoms with E-state index in [0.717, 1.165) is 6.07 Å². The molecule has 0 saturated carbocycles. The Hall–Kier alpha value is -1.62. The Bertz CT molecular complexity index is 393. The van der Waals surface area contributed by atoms with Crippen molar-refractivity contribution in [1.82, 2.24) is 5.32 Å². The maximum Gasteiger partial charge on any atom is 0.196 e. The summed E-state index contributed by atoms with van der Waals surface area (Å²) in [4.78, 5) is 11.5. The predicted octanol–water partition coefficient (Wildman–Crippen LogP) is 1.25. The minimum Gasteiger partial charge on any atom is -0.493 e. The van der Waals surface area contributed by atoms with E-state index in [1.165, 1.54) is 20.3 Å². The number of likely N-dealkylation sites (N-methyl/N-ethyl adjacent to an activating group) is 1. The highest BCUT2D eigenvalue weighted by Crippen LogP contribution is 2.31.